The van der Waals surface area contributed by atoms with E-state index in [1.54, 1.807) is 10.5 Å². The van der Waals surface area contributed by atoms with Crippen LogP contribution in [0.3, 0.4) is 0 Å². The average molecular weight is 297 g/mol. The Balaban J connectivity index is 1.93. The van der Waals surface area contributed by atoms with Gasteiger partial charge in [-0.05, 0) is 24.0 Å². The fourth-order valence-electron chi connectivity index (χ4n) is 2.73. The first-order chi connectivity index (χ1) is 9.50. The van der Waals surface area contributed by atoms with E-state index in [0.717, 1.165) is 24.9 Å². The Bertz CT molecular complexity index is 518. The maximum atomic E-state index is 11.6. The number of pyridine rings is 1. The number of piperidine rings is 1. The third-order valence-electron chi connectivity index (χ3n) is 3.98. The van der Waals surface area contributed by atoms with Crippen LogP contribution in [0.5, 0.6) is 0 Å². The van der Waals surface area contributed by atoms with Crippen molar-refractivity contribution in [3.63, 3.8) is 0 Å². The number of hydrogen-bond acceptors (Lipinski definition) is 4. The quantitative estimate of drug-likeness (QED) is 0.888. The molecule has 0 unspecified atom stereocenters. The molecule has 2 heterocycles. The molecule has 5 nitrogen and oxygen atoms in total. The van der Waals surface area contributed by atoms with Crippen LogP contribution in [-0.4, -0.2) is 43.1 Å². The van der Waals surface area contributed by atoms with E-state index in [9.17, 15) is 8.42 Å². The summed E-state index contributed by atoms with van der Waals surface area (Å²) >= 11 is 0. The Kier molecular flexibility index (Phi) is 5.12. The predicted octanol–water partition coefficient (Wildman–Crippen LogP) is 1.23. The van der Waals surface area contributed by atoms with Crippen molar-refractivity contribution in [3.05, 3.63) is 30.1 Å². The second kappa shape index (κ2) is 6.65. The molecule has 2 rings (SSSR count). The van der Waals surface area contributed by atoms with Crippen LogP contribution in [0.1, 0.15) is 25.3 Å². The summed E-state index contributed by atoms with van der Waals surface area (Å²) < 4.78 is 24.9. The minimum Gasteiger partial charge on any atom is -0.309 e. The molecule has 0 aromatic carbocycles. The summed E-state index contributed by atoms with van der Waals surface area (Å²) in [4.78, 5) is 4.10. The third kappa shape index (κ3) is 4.01. The van der Waals surface area contributed by atoms with Gasteiger partial charge in [0.15, 0.2) is 0 Å². The van der Waals surface area contributed by atoms with E-state index >= 15 is 0 Å². The second-order valence-corrected chi connectivity index (χ2v) is 7.41. The van der Waals surface area contributed by atoms with Crippen molar-refractivity contribution in [3.8, 4) is 0 Å². The molecular weight excluding hydrogens is 274 g/mol. The minimum atomic E-state index is -3.06. The molecular formula is C14H23N3O2S. The molecule has 6 heteroatoms. The molecule has 0 amide bonds. The topological polar surface area (TPSA) is 62.3 Å². The largest absolute Gasteiger partial charge is 0.309 e. The average Bonchev–Trinajstić information content (AvgIpc) is 2.45. The van der Waals surface area contributed by atoms with Crippen LogP contribution in [0.25, 0.3) is 0 Å². The highest BCUT2D eigenvalue weighted by Gasteiger charge is 2.31. The summed E-state index contributed by atoms with van der Waals surface area (Å²) in [6, 6.07) is 4.35. The maximum absolute atomic E-state index is 11.6. The molecule has 2 atom stereocenters. The highest BCUT2D eigenvalue weighted by atomic mass is 32.2. The van der Waals surface area contributed by atoms with Crippen molar-refractivity contribution in [2.75, 3.05) is 19.3 Å². The molecule has 1 saturated heterocycles. The Morgan fingerprint density at radius 3 is 2.90 bits per heavy atom. The van der Waals surface area contributed by atoms with Crippen LogP contribution in [-0.2, 0) is 16.6 Å². The van der Waals surface area contributed by atoms with Gasteiger partial charge in [0.2, 0.25) is 10.0 Å². The van der Waals surface area contributed by atoms with E-state index in [-0.39, 0.29) is 0 Å². The third-order valence-corrected chi connectivity index (χ3v) is 5.25. The van der Waals surface area contributed by atoms with Crippen molar-refractivity contribution in [2.45, 2.75) is 32.4 Å². The van der Waals surface area contributed by atoms with Crippen molar-refractivity contribution >= 4 is 10.0 Å². The predicted molar refractivity (Wildman–Crippen MR) is 79.7 cm³/mol. The summed E-state index contributed by atoms with van der Waals surface area (Å²) in [5, 5.41) is 3.55. The molecule has 1 aromatic rings. The molecule has 1 N–H and O–H groups in total. The number of rotatable bonds is 5. The molecule has 0 radical (unpaired) electrons. The van der Waals surface area contributed by atoms with Crippen LogP contribution in [0.4, 0.5) is 0 Å². The van der Waals surface area contributed by atoms with Gasteiger partial charge in [0.25, 0.3) is 0 Å². The first-order valence-electron chi connectivity index (χ1n) is 7.08. The Labute approximate surface area is 121 Å². The Morgan fingerprint density at radius 2 is 2.30 bits per heavy atom. The van der Waals surface area contributed by atoms with E-state index in [1.165, 1.54) is 6.26 Å². The van der Waals surface area contributed by atoms with Gasteiger partial charge in [-0.1, -0.05) is 19.4 Å². The second-order valence-electron chi connectivity index (χ2n) is 5.43. The zero-order valence-corrected chi connectivity index (χ0v) is 12.9. The smallest absolute Gasteiger partial charge is 0.211 e. The minimum absolute atomic E-state index is 0.371. The van der Waals surface area contributed by atoms with Crippen molar-refractivity contribution in [1.82, 2.24) is 14.6 Å². The van der Waals surface area contributed by atoms with Gasteiger partial charge in [-0.3, -0.25) is 4.98 Å². The first-order valence-corrected chi connectivity index (χ1v) is 8.93. The van der Waals surface area contributed by atoms with E-state index in [0.29, 0.717) is 25.0 Å². The highest BCUT2D eigenvalue weighted by molar-refractivity contribution is 7.88. The maximum Gasteiger partial charge on any atom is 0.211 e. The number of nitrogens with one attached hydrogen (secondary N) is 1. The highest BCUT2D eigenvalue weighted by Crippen LogP contribution is 2.22. The SMILES string of the molecule is CC[C@@H]1CN(S(C)(=O)=O)CC[C@H]1NCc1cccnc1. The van der Waals surface area contributed by atoms with E-state index in [1.807, 2.05) is 18.3 Å². The van der Waals surface area contributed by atoms with Crippen LogP contribution in [0.15, 0.2) is 24.5 Å². The lowest BCUT2D eigenvalue weighted by molar-refractivity contribution is 0.201. The fourth-order valence-corrected chi connectivity index (χ4v) is 3.63. The summed E-state index contributed by atoms with van der Waals surface area (Å²) in [7, 11) is -3.06. The molecule has 1 aliphatic rings. The molecule has 0 bridgehead atoms. The van der Waals surface area contributed by atoms with Crippen LogP contribution in [0.2, 0.25) is 0 Å². The zero-order chi connectivity index (χ0) is 14.6. The van der Waals surface area contributed by atoms with Gasteiger partial charge in [0.1, 0.15) is 0 Å². The number of sulfonamides is 1. The molecule has 0 saturated carbocycles. The van der Waals surface area contributed by atoms with Gasteiger partial charge in [-0.15, -0.1) is 0 Å². The standard InChI is InChI=1S/C14H23N3O2S/c1-3-13-11-17(20(2,18)19)8-6-14(13)16-10-12-5-4-7-15-9-12/h4-5,7,9,13-14,16H,3,6,8,10-11H2,1-2H3/t13-,14-/m1/s1. The first kappa shape index (κ1) is 15.4. The normalized spacial score (nSPS) is 24.7. The number of nitrogens with zero attached hydrogens (tertiary/aromatic N) is 2. The lowest BCUT2D eigenvalue weighted by atomic mass is 9.91. The van der Waals surface area contributed by atoms with Crippen LogP contribution < -0.4 is 5.32 Å². The summed E-state index contributed by atoms with van der Waals surface area (Å²) in [5.41, 5.74) is 1.16. The Morgan fingerprint density at radius 1 is 1.50 bits per heavy atom. The van der Waals surface area contributed by atoms with E-state index < -0.39 is 10.0 Å². The molecule has 112 valence electrons. The summed E-state index contributed by atoms with van der Waals surface area (Å²) in [5.74, 6) is 0.371. The molecule has 20 heavy (non-hydrogen) atoms. The molecule has 0 spiro atoms. The van der Waals surface area contributed by atoms with Crippen LogP contribution in [0, 0.1) is 5.92 Å². The van der Waals surface area contributed by atoms with Crippen molar-refractivity contribution in [2.24, 2.45) is 5.92 Å². The monoisotopic (exact) mass is 297 g/mol. The molecule has 1 aromatic heterocycles. The molecule has 1 aliphatic heterocycles. The molecule has 1 fully saturated rings. The summed E-state index contributed by atoms with van der Waals surface area (Å²) in [6.07, 6.45) is 6.77. The van der Waals surface area contributed by atoms with Gasteiger partial charge in [0.05, 0.1) is 6.26 Å². The number of hydrogen-bond donors (Lipinski definition) is 1. The van der Waals surface area contributed by atoms with Crippen molar-refractivity contribution in [1.29, 1.82) is 0 Å². The Hall–Kier alpha value is -0.980. The lowest BCUT2D eigenvalue weighted by Gasteiger charge is -2.37. The number of aromatic nitrogens is 1. The molecule has 0 aliphatic carbocycles. The fraction of sp³-hybridized carbons (Fsp3) is 0.643. The van der Waals surface area contributed by atoms with Gasteiger partial charge in [-0.2, -0.15) is 0 Å². The van der Waals surface area contributed by atoms with Crippen molar-refractivity contribution < 1.29 is 8.42 Å². The zero-order valence-electron chi connectivity index (χ0n) is 12.1. The van der Waals surface area contributed by atoms with Crippen LogP contribution >= 0.6 is 0 Å². The van der Waals surface area contributed by atoms with Gasteiger partial charge >= 0.3 is 0 Å². The van der Waals surface area contributed by atoms with Gasteiger partial charge < -0.3 is 5.32 Å². The lowest BCUT2D eigenvalue weighted by Crippen LogP contribution is -2.50. The van der Waals surface area contributed by atoms with E-state index in [4.69, 9.17) is 0 Å². The van der Waals surface area contributed by atoms with Gasteiger partial charge in [-0.25, -0.2) is 12.7 Å². The summed E-state index contributed by atoms with van der Waals surface area (Å²) in [6.45, 7) is 4.14. The van der Waals surface area contributed by atoms with E-state index in [2.05, 4.69) is 17.2 Å². The van der Waals surface area contributed by atoms with Gasteiger partial charge in [0, 0.05) is 38.1 Å².